The Balaban J connectivity index is 1.86. The van der Waals surface area contributed by atoms with Crippen molar-refractivity contribution in [3.63, 3.8) is 0 Å². The third-order valence-corrected chi connectivity index (χ3v) is 3.78. The van der Waals surface area contributed by atoms with E-state index >= 15 is 0 Å². The maximum absolute atomic E-state index is 5.76. The lowest BCUT2D eigenvalue weighted by Gasteiger charge is -2.08. The summed E-state index contributed by atoms with van der Waals surface area (Å²) in [6.45, 7) is 4.43. The highest BCUT2D eigenvalue weighted by atomic mass is 16.4. The minimum absolute atomic E-state index is 0.552. The second-order valence-corrected chi connectivity index (χ2v) is 5.21. The van der Waals surface area contributed by atoms with Gasteiger partial charge in [-0.2, -0.15) is 0 Å². The van der Waals surface area contributed by atoms with E-state index in [2.05, 4.69) is 36.2 Å². The first-order chi connectivity index (χ1) is 10.3. The van der Waals surface area contributed by atoms with E-state index in [1.807, 2.05) is 42.5 Å². The number of aromatic nitrogens is 2. The highest BCUT2D eigenvalue weighted by Crippen LogP contribution is 2.26. The molecule has 3 nitrogen and oxygen atoms in total. The largest absolute Gasteiger partial charge is 0.416 e. The van der Waals surface area contributed by atoms with Gasteiger partial charge in [-0.05, 0) is 42.2 Å². The van der Waals surface area contributed by atoms with Gasteiger partial charge in [0.15, 0.2) is 0 Å². The molecule has 1 unspecified atom stereocenters. The van der Waals surface area contributed by atoms with Gasteiger partial charge in [0.2, 0.25) is 11.8 Å². The average molecular weight is 278 g/mol. The molecule has 0 N–H and O–H groups in total. The summed E-state index contributed by atoms with van der Waals surface area (Å²) in [7, 11) is 0. The molecule has 0 aliphatic heterocycles. The Morgan fingerprint density at radius 1 is 0.857 bits per heavy atom. The first-order valence-electron chi connectivity index (χ1n) is 7.27. The Hall–Kier alpha value is -2.42. The summed E-state index contributed by atoms with van der Waals surface area (Å²) in [5, 5.41) is 8.26. The fourth-order valence-electron chi connectivity index (χ4n) is 2.23. The lowest BCUT2D eigenvalue weighted by Crippen LogP contribution is -1.90. The van der Waals surface area contributed by atoms with E-state index in [0.717, 1.165) is 17.5 Å². The van der Waals surface area contributed by atoms with Crippen molar-refractivity contribution in [2.45, 2.75) is 26.2 Å². The Morgan fingerprint density at radius 2 is 1.43 bits per heavy atom. The first-order valence-corrected chi connectivity index (χ1v) is 7.27. The average Bonchev–Trinajstić information content (AvgIpc) is 3.05. The highest BCUT2D eigenvalue weighted by molar-refractivity contribution is 5.58. The van der Waals surface area contributed by atoms with Gasteiger partial charge < -0.3 is 4.42 Å². The quantitative estimate of drug-likeness (QED) is 0.680. The summed E-state index contributed by atoms with van der Waals surface area (Å²) in [5.41, 5.74) is 3.23. The molecule has 21 heavy (non-hydrogen) atoms. The lowest BCUT2D eigenvalue weighted by atomic mass is 9.98. The molecule has 2 aromatic carbocycles. The Kier molecular flexibility index (Phi) is 3.82. The predicted molar refractivity (Wildman–Crippen MR) is 83.9 cm³/mol. The van der Waals surface area contributed by atoms with Crippen LogP contribution in [0.1, 0.15) is 31.7 Å². The van der Waals surface area contributed by atoms with E-state index in [9.17, 15) is 0 Å². The molecule has 106 valence electrons. The molecular weight excluding hydrogens is 260 g/mol. The molecule has 3 aromatic rings. The summed E-state index contributed by atoms with van der Waals surface area (Å²) in [5.74, 6) is 1.68. The van der Waals surface area contributed by atoms with Gasteiger partial charge in [-0.3, -0.25) is 0 Å². The van der Waals surface area contributed by atoms with Crippen LogP contribution in [0.15, 0.2) is 59.0 Å². The minimum Gasteiger partial charge on any atom is -0.416 e. The van der Waals surface area contributed by atoms with Gasteiger partial charge in [-0.25, -0.2) is 0 Å². The molecule has 0 fully saturated rings. The third kappa shape index (κ3) is 2.87. The second-order valence-electron chi connectivity index (χ2n) is 5.21. The van der Waals surface area contributed by atoms with Gasteiger partial charge in [0.1, 0.15) is 0 Å². The normalized spacial score (nSPS) is 12.3. The van der Waals surface area contributed by atoms with E-state index in [0.29, 0.717) is 17.7 Å². The van der Waals surface area contributed by atoms with Crippen molar-refractivity contribution < 1.29 is 4.42 Å². The van der Waals surface area contributed by atoms with Crippen molar-refractivity contribution in [3.8, 4) is 22.9 Å². The molecule has 0 amide bonds. The maximum atomic E-state index is 5.76. The summed E-state index contributed by atoms with van der Waals surface area (Å²) < 4.78 is 5.76. The molecule has 1 aromatic heterocycles. The van der Waals surface area contributed by atoms with E-state index in [1.54, 1.807) is 0 Å². The summed E-state index contributed by atoms with van der Waals surface area (Å²) >= 11 is 0. The molecule has 0 aliphatic carbocycles. The van der Waals surface area contributed by atoms with Crippen molar-refractivity contribution in [2.75, 3.05) is 0 Å². The molecule has 3 heteroatoms. The van der Waals surface area contributed by atoms with Gasteiger partial charge in [-0.1, -0.05) is 44.2 Å². The topological polar surface area (TPSA) is 38.9 Å². The van der Waals surface area contributed by atoms with Gasteiger partial charge in [0, 0.05) is 11.1 Å². The van der Waals surface area contributed by atoms with Crippen LogP contribution in [0.25, 0.3) is 22.9 Å². The number of hydrogen-bond donors (Lipinski definition) is 0. The van der Waals surface area contributed by atoms with E-state index in [-0.39, 0.29) is 0 Å². The summed E-state index contributed by atoms with van der Waals surface area (Å²) in [6, 6.07) is 18.2. The zero-order valence-corrected chi connectivity index (χ0v) is 12.3. The van der Waals surface area contributed by atoms with Crippen LogP contribution < -0.4 is 0 Å². The predicted octanol–water partition coefficient (Wildman–Crippen LogP) is 4.92. The maximum Gasteiger partial charge on any atom is 0.248 e. The SMILES string of the molecule is CCC(C)c1ccc(-c2nnc(-c3ccccc3)o2)cc1. The van der Waals surface area contributed by atoms with E-state index in [4.69, 9.17) is 4.42 Å². The highest BCUT2D eigenvalue weighted by Gasteiger charge is 2.10. The van der Waals surface area contributed by atoms with Gasteiger partial charge >= 0.3 is 0 Å². The fourth-order valence-corrected chi connectivity index (χ4v) is 2.23. The molecule has 0 spiro atoms. The molecule has 1 heterocycles. The van der Waals surface area contributed by atoms with Crippen LogP contribution >= 0.6 is 0 Å². The smallest absolute Gasteiger partial charge is 0.248 e. The molecule has 0 saturated carbocycles. The van der Waals surface area contributed by atoms with Gasteiger partial charge in [-0.15, -0.1) is 10.2 Å². The number of benzene rings is 2. The van der Waals surface area contributed by atoms with Crippen LogP contribution in [-0.4, -0.2) is 10.2 Å². The molecule has 0 saturated heterocycles. The Morgan fingerprint density at radius 3 is 2.00 bits per heavy atom. The molecule has 0 radical (unpaired) electrons. The van der Waals surface area contributed by atoms with Crippen LogP contribution in [0.4, 0.5) is 0 Å². The van der Waals surface area contributed by atoms with Crippen LogP contribution in [0.2, 0.25) is 0 Å². The molecule has 3 rings (SSSR count). The van der Waals surface area contributed by atoms with Crippen molar-refractivity contribution in [3.05, 3.63) is 60.2 Å². The molecule has 0 aliphatic rings. The minimum atomic E-state index is 0.552. The van der Waals surface area contributed by atoms with Gasteiger partial charge in [0.05, 0.1) is 0 Å². The molecular formula is C18H18N2O. The van der Waals surface area contributed by atoms with Crippen molar-refractivity contribution >= 4 is 0 Å². The van der Waals surface area contributed by atoms with Crippen LogP contribution in [0.5, 0.6) is 0 Å². The zero-order chi connectivity index (χ0) is 14.7. The third-order valence-electron chi connectivity index (χ3n) is 3.78. The number of hydrogen-bond acceptors (Lipinski definition) is 3. The standard InChI is InChI=1S/C18H18N2O/c1-3-13(2)14-9-11-16(12-10-14)18-20-19-17(21-18)15-7-5-4-6-8-15/h4-13H,3H2,1-2H3. The van der Waals surface area contributed by atoms with Crippen molar-refractivity contribution in [2.24, 2.45) is 0 Å². The Bertz CT molecular complexity index is 702. The molecule has 0 bridgehead atoms. The molecule has 1 atom stereocenters. The van der Waals surface area contributed by atoms with Crippen LogP contribution in [0.3, 0.4) is 0 Å². The van der Waals surface area contributed by atoms with Crippen LogP contribution in [0, 0.1) is 0 Å². The van der Waals surface area contributed by atoms with Gasteiger partial charge in [0.25, 0.3) is 0 Å². The van der Waals surface area contributed by atoms with Crippen molar-refractivity contribution in [1.82, 2.24) is 10.2 Å². The summed E-state index contributed by atoms with van der Waals surface area (Å²) in [6.07, 6.45) is 1.14. The van der Waals surface area contributed by atoms with E-state index < -0.39 is 0 Å². The fraction of sp³-hybridized carbons (Fsp3) is 0.222. The zero-order valence-electron chi connectivity index (χ0n) is 12.3. The number of rotatable bonds is 4. The van der Waals surface area contributed by atoms with E-state index in [1.165, 1.54) is 5.56 Å². The monoisotopic (exact) mass is 278 g/mol. The lowest BCUT2D eigenvalue weighted by molar-refractivity contribution is 0.584. The van der Waals surface area contributed by atoms with Crippen LogP contribution in [-0.2, 0) is 0 Å². The second kappa shape index (κ2) is 5.92. The first kappa shape index (κ1) is 13.6. The summed E-state index contributed by atoms with van der Waals surface area (Å²) in [4.78, 5) is 0. The van der Waals surface area contributed by atoms with Crippen molar-refractivity contribution in [1.29, 1.82) is 0 Å². The Labute approximate surface area is 124 Å². The number of nitrogens with zero attached hydrogens (tertiary/aromatic N) is 2.